The lowest BCUT2D eigenvalue weighted by atomic mass is 10.1. The SMILES string of the molecule is O=C(CCc1ccccc1)Nc1nc(C(=O)N2CCN(c3ccccc3)CC2)cs1. The predicted molar refractivity (Wildman–Crippen MR) is 120 cm³/mol. The van der Waals surface area contributed by atoms with E-state index in [9.17, 15) is 9.59 Å². The van der Waals surface area contributed by atoms with Gasteiger partial charge in [-0.1, -0.05) is 48.5 Å². The molecule has 1 N–H and O–H groups in total. The minimum Gasteiger partial charge on any atom is -0.368 e. The Balaban J connectivity index is 1.27. The van der Waals surface area contributed by atoms with Gasteiger partial charge in [0.1, 0.15) is 5.69 Å². The topological polar surface area (TPSA) is 65.5 Å². The van der Waals surface area contributed by atoms with Crippen LogP contribution in [-0.4, -0.2) is 47.9 Å². The van der Waals surface area contributed by atoms with Gasteiger partial charge in [0, 0.05) is 43.7 Å². The highest BCUT2D eigenvalue weighted by atomic mass is 32.1. The monoisotopic (exact) mass is 420 g/mol. The van der Waals surface area contributed by atoms with Crippen LogP contribution >= 0.6 is 11.3 Å². The summed E-state index contributed by atoms with van der Waals surface area (Å²) in [6.07, 6.45) is 1.06. The largest absolute Gasteiger partial charge is 0.368 e. The number of carbonyl (C=O) groups excluding carboxylic acids is 2. The first kappa shape index (κ1) is 20.1. The number of nitrogens with zero attached hydrogens (tertiary/aromatic N) is 3. The molecule has 7 heteroatoms. The second kappa shape index (κ2) is 9.54. The van der Waals surface area contributed by atoms with Gasteiger partial charge in [-0.05, 0) is 24.1 Å². The van der Waals surface area contributed by atoms with Crippen LogP contribution in [0.5, 0.6) is 0 Å². The summed E-state index contributed by atoms with van der Waals surface area (Å²) in [6.45, 7) is 2.90. The second-order valence-electron chi connectivity index (χ2n) is 7.19. The third-order valence-electron chi connectivity index (χ3n) is 5.14. The van der Waals surface area contributed by atoms with Crippen LogP contribution in [0.15, 0.2) is 66.0 Å². The minimum atomic E-state index is -0.0938. The van der Waals surface area contributed by atoms with E-state index < -0.39 is 0 Å². The molecule has 4 rings (SSSR count). The first-order valence-corrected chi connectivity index (χ1v) is 11.0. The van der Waals surface area contributed by atoms with Crippen LogP contribution in [0.25, 0.3) is 0 Å². The van der Waals surface area contributed by atoms with Crippen molar-refractivity contribution >= 4 is 34.0 Å². The van der Waals surface area contributed by atoms with Gasteiger partial charge in [-0.15, -0.1) is 11.3 Å². The first-order chi connectivity index (χ1) is 14.7. The lowest BCUT2D eigenvalue weighted by Crippen LogP contribution is -2.48. The standard InChI is InChI=1S/C23H24N4O2S/c28-21(12-11-18-7-3-1-4-8-18)25-23-24-20(17-30-23)22(29)27-15-13-26(14-16-27)19-9-5-2-6-10-19/h1-10,17H,11-16H2,(H,24,25,28). The summed E-state index contributed by atoms with van der Waals surface area (Å²) < 4.78 is 0. The number of thiazole rings is 1. The number of amides is 2. The number of piperazine rings is 1. The van der Waals surface area contributed by atoms with E-state index in [1.165, 1.54) is 17.0 Å². The molecule has 154 valence electrons. The number of benzene rings is 2. The van der Waals surface area contributed by atoms with Crippen molar-refractivity contribution in [2.24, 2.45) is 0 Å². The molecule has 1 saturated heterocycles. The number of anilines is 2. The van der Waals surface area contributed by atoms with Gasteiger partial charge >= 0.3 is 0 Å². The molecule has 30 heavy (non-hydrogen) atoms. The fourth-order valence-electron chi connectivity index (χ4n) is 3.48. The molecule has 0 bridgehead atoms. The van der Waals surface area contributed by atoms with E-state index >= 15 is 0 Å². The Labute approximate surface area is 180 Å². The van der Waals surface area contributed by atoms with Crippen LogP contribution in [-0.2, 0) is 11.2 Å². The smallest absolute Gasteiger partial charge is 0.273 e. The van der Waals surface area contributed by atoms with Gasteiger partial charge in [0.15, 0.2) is 5.13 Å². The quantitative estimate of drug-likeness (QED) is 0.661. The van der Waals surface area contributed by atoms with Gasteiger partial charge in [0.2, 0.25) is 5.91 Å². The maximum absolute atomic E-state index is 12.8. The number of aromatic nitrogens is 1. The fourth-order valence-corrected chi connectivity index (χ4v) is 4.18. The lowest BCUT2D eigenvalue weighted by molar-refractivity contribution is -0.116. The molecule has 0 saturated carbocycles. The number of nitrogens with one attached hydrogen (secondary N) is 1. The molecule has 0 spiro atoms. The van der Waals surface area contributed by atoms with Crippen molar-refractivity contribution in [2.75, 3.05) is 36.4 Å². The van der Waals surface area contributed by atoms with Crippen molar-refractivity contribution in [2.45, 2.75) is 12.8 Å². The van der Waals surface area contributed by atoms with Gasteiger partial charge in [0.25, 0.3) is 5.91 Å². The first-order valence-electron chi connectivity index (χ1n) is 10.1. The van der Waals surface area contributed by atoms with Gasteiger partial charge in [-0.25, -0.2) is 4.98 Å². The lowest BCUT2D eigenvalue weighted by Gasteiger charge is -2.35. The van der Waals surface area contributed by atoms with E-state index in [4.69, 9.17) is 0 Å². The summed E-state index contributed by atoms with van der Waals surface area (Å²) in [7, 11) is 0. The molecule has 1 aromatic heterocycles. The Morgan fingerprint density at radius 1 is 0.933 bits per heavy atom. The maximum atomic E-state index is 12.8. The molecular formula is C23H24N4O2S. The molecule has 1 aliphatic heterocycles. The van der Waals surface area contributed by atoms with E-state index in [1.54, 1.807) is 5.38 Å². The highest BCUT2D eigenvalue weighted by molar-refractivity contribution is 7.14. The molecule has 0 atom stereocenters. The van der Waals surface area contributed by atoms with Crippen molar-refractivity contribution in [3.8, 4) is 0 Å². The molecule has 0 radical (unpaired) electrons. The Morgan fingerprint density at radius 3 is 2.30 bits per heavy atom. The third-order valence-corrected chi connectivity index (χ3v) is 5.90. The van der Waals surface area contributed by atoms with Crippen LogP contribution in [0, 0.1) is 0 Å². The van der Waals surface area contributed by atoms with Crippen LogP contribution in [0.1, 0.15) is 22.5 Å². The summed E-state index contributed by atoms with van der Waals surface area (Å²) >= 11 is 1.29. The number of carbonyl (C=O) groups is 2. The molecule has 0 unspecified atom stereocenters. The van der Waals surface area contributed by atoms with Gasteiger partial charge in [0.05, 0.1) is 0 Å². The number of hydrogen-bond donors (Lipinski definition) is 1. The Bertz CT molecular complexity index is 983. The molecule has 6 nitrogen and oxygen atoms in total. The molecule has 2 aromatic carbocycles. The van der Waals surface area contributed by atoms with Crippen LogP contribution in [0.3, 0.4) is 0 Å². The number of para-hydroxylation sites is 1. The van der Waals surface area contributed by atoms with Gasteiger partial charge in [-0.3, -0.25) is 9.59 Å². The van der Waals surface area contributed by atoms with Crippen LogP contribution in [0.2, 0.25) is 0 Å². The number of rotatable bonds is 6. The van der Waals surface area contributed by atoms with Crippen molar-refractivity contribution in [1.82, 2.24) is 9.88 Å². The van der Waals surface area contributed by atoms with Crippen molar-refractivity contribution in [3.63, 3.8) is 0 Å². The molecule has 0 aliphatic carbocycles. The summed E-state index contributed by atoms with van der Waals surface area (Å²) in [5.41, 5.74) is 2.70. The van der Waals surface area contributed by atoms with E-state index in [0.717, 1.165) is 18.7 Å². The zero-order valence-electron chi connectivity index (χ0n) is 16.7. The zero-order chi connectivity index (χ0) is 20.8. The number of aryl methyl sites for hydroxylation is 1. The zero-order valence-corrected chi connectivity index (χ0v) is 17.5. The summed E-state index contributed by atoms with van der Waals surface area (Å²) in [4.78, 5) is 33.4. The van der Waals surface area contributed by atoms with Crippen LogP contribution < -0.4 is 10.2 Å². The van der Waals surface area contributed by atoms with E-state index in [0.29, 0.717) is 36.8 Å². The highest BCUT2D eigenvalue weighted by Gasteiger charge is 2.24. The molecule has 2 amide bonds. The Morgan fingerprint density at radius 2 is 1.60 bits per heavy atom. The second-order valence-corrected chi connectivity index (χ2v) is 8.04. The molecule has 1 fully saturated rings. The highest BCUT2D eigenvalue weighted by Crippen LogP contribution is 2.20. The van der Waals surface area contributed by atoms with E-state index in [-0.39, 0.29) is 11.8 Å². The van der Waals surface area contributed by atoms with Gasteiger partial charge in [-0.2, -0.15) is 0 Å². The van der Waals surface area contributed by atoms with E-state index in [2.05, 4.69) is 27.3 Å². The van der Waals surface area contributed by atoms with E-state index in [1.807, 2.05) is 53.4 Å². The number of hydrogen-bond acceptors (Lipinski definition) is 5. The minimum absolute atomic E-state index is 0.0799. The normalized spacial score (nSPS) is 13.9. The van der Waals surface area contributed by atoms with Crippen molar-refractivity contribution in [1.29, 1.82) is 0 Å². The van der Waals surface area contributed by atoms with Crippen molar-refractivity contribution < 1.29 is 9.59 Å². The molecular weight excluding hydrogens is 396 g/mol. The fraction of sp³-hybridized carbons (Fsp3) is 0.261. The molecule has 3 aromatic rings. The average Bonchev–Trinajstić information content (AvgIpc) is 3.27. The van der Waals surface area contributed by atoms with Crippen LogP contribution in [0.4, 0.5) is 10.8 Å². The predicted octanol–water partition coefficient (Wildman–Crippen LogP) is 3.68. The summed E-state index contributed by atoms with van der Waals surface area (Å²) in [5, 5.41) is 5.00. The maximum Gasteiger partial charge on any atom is 0.273 e. The molecule has 2 heterocycles. The Kier molecular flexibility index (Phi) is 6.39. The third kappa shape index (κ3) is 5.04. The summed E-state index contributed by atoms with van der Waals surface area (Å²) in [5.74, 6) is -0.174. The summed E-state index contributed by atoms with van der Waals surface area (Å²) in [6, 6.07) is 20.1. The average molecular weight is 421 g/mol. The molecule has 1 aliphatic rings. The van der Waals surface area contributed by atoms with Crippen molar-refractivity contribution in [3.05, 3.63) is 77.3 Å². The Hall–Kier alpha value is -3.19. The van der Waals surface area contributed by atoms with Gasteiger partial charge < -0.3 is 15.1 Å².